The molecule has 3 amide bonds. The Balaban J connectivity index is 1.46. The lowest BCUT2D eigenvalue weighted by Gasteiger charge is -2.28. The van der Waals surface area contributed by atoms with Gasteiger partial charge >= 0.3 is 0 Å². The number of halogens is 1. The van der Waals surface area contributed by atoms with Crippen molar-refractivity contribution in [2.75, 3.05) is 38.2 Å². The second-order valence-corrected chi connectivity index (χ2v) is 8.89. The molecule has 0 spiro atoms. The summed E-state index contributed by atoms with van der Waals surface area (Å²) in [6.45, 7) is 3.28. The van der Waals surface area contributed by atoms with Crippen molar-refractivity contribution in [1.29, 1.82) is 0 Å². The number of rotatable bonds is 8. The molecule has 0 saturated carbocycles. The number of pyridine rings is 1. The third-order valence-electron chi connectivity index (χ3n) is 6.24. The minimum absolute atomic E-state index is 0.00158. The zero-order valence-corrected chi connectivity index (χ0v) is 20.0. The molecular formula is C24H28ClN7O3. The number of hydrogen-bond acceptors (Lipinski definition) is 7. The molecule has 1 aromatic heterocycles. The Bertz CT molecular complexity index is 1130. The highest BCUT2D eigenvalue weighted by Gasteiger charge is 2.49. The molecule has 184 valence electrons. The topological polar surface area (TPSA) is 142 Å². The quantitative estimate of drug-likeness (QED) is 0.432. The number of amides is 3. The molecular weight excluding hydrogens is 470 g/mol. The van der Waals surface area contributed by atoms with E-state index in [2.05, 4.69) is 30.8 Å². The summed E-state index contributed by atoms with van der Waals surface area (Å²) < 4.78 is 0. The number of anilines is 1. The zero-order valence-electron chi connectivity index (χ0n) is 19.2. The first-order valence-corrected chi connectivity index (χ1v) is 11.9. The molecule has 1 fully saturated rings. The van der Waals surface area contributed by atoms with Gasteiger partial charge in [-0.3, -0.25) is 24.7 Å². The van der Waals surface area contributed by atoms with Crippen LogP contribution in [0, 0.1) is 0 Å². The number of aromatic nitrogens is 1. The molecule has 2 aliphatic heterocycles. The van der Waals surface area contributed by atoms with Gasteiger partial charge in [-0.1, -0.05) is 36.2 Å². The summed E-state index contributed by atoms with van der Waals surface area (Å²) in [6.07, 6.45) is 4.96. The Hall–Kier alpha value is -3.34. The second-order valence-electron chi connectivity index (χ2n) is 8.48. The van der Waals surface area contributed by atoms with Gasteiger partial charge in [-0.25, -0.2) is 4.98 Å². The number of nitrogens with one attached hydrogen (secondary N) is 3. The minimum Gasteiger partial charge on any atom is -0.367 e. The molecule has 4 rings (SSSR count). The maximum atomic E-state index is 13.0. The van der Waals surface area contributed by atoms with E-state index in [0.717, 1.165) is 32.5 Å². The van der Waals surface area contributed by atoms with E-state index >= 15 is 0 Å². The fourth-order valence-corrected chi connectivity index (χ4v) is 4.60. The monoisotopic (exact) mass is 497 g/mol. The number of benzene rings is 1. The fraction of sp³-hybridized carbons (Fsp3) is 0.375. The second kappa shape index (κ2) is 10.9. The van der Waals surface area contributed by atoms with E-state index in [-0.39, 0.29) is 18.2 Å². The molecule has 1 aromatic carbocycles. The number of primary amides is 1. The van der Waals surface area contributed by atoms with Crippen LogP contribution in [0.5, 0.6) is 0 Å². The van der Waals surface area contributed by atoms with E-state index < -0.39 is 23.3 Å². The zero-order chi connectivity index (χ0) is 24.8. The minimum atomic E-state index is -1.62. The number of hydrogen-bond donors (Lipinski definition) is 4. The third kappa shape index (κ3) is 5.34. The Morgan fingerprint density at radius 1 is 1.09 bits per heavy atom. The van der Waals surface area contributed by atoms with Gasteiger partial charge in [0.2, 0.25) is 5.91 Å². The molecule has 0 bridgehead atoms. The number of carbonyl (C=O) groups excluding carboxylic acids is 3. The van der Waals surface area contributed by atoms with E-state index in [0.29, 0.717) is 22.7 Å². The van der Waals surface area contributed by atoms with Gasteiger partial charge in [-0.2, -0.15) is 0 Å². The van der Waals surface area contributed by atoms with Crippen molar-refractivity contribution >= 4 is 40.9 Å². The average Bonchev–Trinajstić information content (AvgIpc) is 3.32. The molecule has 1 unspecified atom stereocenters. The first-order chi connectivity index (χ1) is 16.9. The Labute approximate surface area is 208 Å². The molecule has 3 heterocycles. The predicted octanol–water partition coefficient (Wildman–Crippen LogP) is 1.27. The highest BCUT2D eigenvalue weighted by Crippen LogP contribution is 2.27. The van der Waals surface area contributed by atoms with E-state index in [1.807, 2.05) is 0 Å². The van der Waals surface area contributed by atoms with Crippen LogP contribution < -0.4 is 21.7 Å². The third-order valence-corrected chi connectivity index (χ3v) is 6.57. The van der Waals surface area contributed by atoms with E-state index in [1.54, 1.807) is 30.3 Å². The number of nitrogens with zero attached hydrogens (tertiary/aromatic N) is 3. The summed E-state index contributed by atoms with van der Waals surface area (Å²) in [5.41, 5.74) is 4.81. The highest BCUT2D eigenvalue weighted by atomic mass is 35.5. The molecule has 0 radical (unpaired) electrons. The van der Waals surface area contributed by atoms with Crippen LogP contribution in [0.1, 0.15) is 35.2 Å². The summed E-state index contributed by atoms with van der Waals surface area (Å²) in [7, 11) is 0. The smallest absolute Gasteiger partial charge is 0.268 e. The molecule has 10 nitrogen and oxygen atoms in total. The number of carbonyl (C=O) groups is 3. The van der Waals surface area contributed by atoms with Crippen LogP contribution in [0.15, 0.2) is 47.6 Å². The molecule has 1 saturated heterocycles. The van der Waals surface area contributed by atoms with Crippen LogP contribution >= 0.6 is 11.6 Å². The summed E-state index contributed by atoms with van der Waals surface area (Å²) in [5.74, 6) is -1.40. The molecule has 11 heteroatoms. The first-order valence-electron chi connectivity index (χ1n) is 11.5. The van der Waals surface area contributed by atoms with Gasteiger partial charge in [-0.15, -0.1) is 0 Å². The van der Waals surface area contributed by atoms with Crippen molar-refractivity contribution in [3.05, 3.63) is 58.7 Å². The molecule has 1 atom stereocenters. The van der Waals surface area contributed by atoms with Gasteiger partial charge < -0.3 is 21.3 Å². The van der Waals surface area contributed by atoms with E-state index in [1.165, 1.54) is 18.7 Å². The Morgan fingerprint density at radius 3 is 2.54 bits per heavy atom. The van der Waals surface area contributed by atoms with Gasteiger partial charge in [0.1, 0.15) is 11.5 Å². The van der Waals surface area contributed by atoms with Gasteiger partial charge in [0.25, 0.3) is 11.8 Å². The van der Waals surface area contributed by atoms with Crippen molar-refractivity contribution in [2.45, 2.75) is 24.8 Å². The summed E-state index contributed by atoms with van der Waals surface area (Å²) in [5, 5.41) is 8.80. The van der Waals surface area contributed by atoms with Crippen LogP contribution in [-0.4, -0.2) is 66.2 Å². The van der Waals surface area contributed by atoms with Crippen LogP contribution in [0.2, 0.25) is 5.02 Å². The fourth-order valence-electron chi connectivity index (χ4n) is 4.38. The number of piperidine rings is 1. The molecule has 2 aliphatic rings. The van der Waals surface area contributed by atoms with Crippen LogP contribution in [0.4, 0.5) is 5.82 Å². The predicted molar refractivity (Wildman–Crippen MR) is 133 cm³/mol. The lowest BCUT2D eigenvalue weighted by molar-refractivity contribution is -0.123. The van der Waals surface area contributed by atoms with E-state index in [9.17, 15) is 14.4 Å². The number of aliphatic imine (C=N–C) groups is 1. The Kier molecular flexibility index (Phi) is 7.74. The summed E-state index contributed by atoms with van der Waals surface area (Å²) in [4.78, 5) is 48.9. The Morgan fingerprint density at radius 2 is 1.86 bits per heavy atom. The lowest BCUT2D eigenvalue weighted by Crippen LogP contribution is -2.58. The molecule has 2 aromatic rings. The summed E-state index contributed by atoms with van der Waals surface area (Å²) >= 11 is 6.08. The van der Waals surface area contributed by atoms with Crippen LogP contribution in [-0.2, 0) is 15.1 Å². The van der Waals surface area contributed by atoms with Crippen molar-refractivity contribution < 1.29 is 14.4 Å². The van der Waals surface area contributed by atoms with Gasteiger partial charge in [0.05, 0.1) is 17.3 Å². The van der Waals surface area contributed by atoms with Gasteiger partial charge in [-0.05, 0) is 44.1 Å². The molecule has 0 aliphatic carbocycles. The first kappa shape index (κ1) is 24.8. The maximum Gasteiger partial charge on any atom is 0.268 e. The van der Waals surface area contributed by atoms with Crippen molar-refractivity contribution in [1.82, 2.24) is 20.5 Å². The number of nitrogens with two attached hydrogens (primary N) is 1. The van der Waals surface area contributed by atoms with Gasteiger partial charge in [0.15, 0.2) is 5.54 Å². The maximum absolute atomic E-state index is 13.0. The molecule has 5 N–H and O–H groups in total. The lowest BCUT2D eigenvalue weighted by atomic mass is 9.85. The van der Waals surface area contributed by atoms with Gasteiger partial charge in [0, 0.05) is 24.8 Å². The van der Waals surface area contributed by atoms with Crippen molar-refractivity contribution in [2.24, 2.45) is 10.7 Å². The standard InChI is InChI=1S/C24H28ClN7O3/c25-18-7-3-2-6-17(18)21(33)31-19-9-8-16(14-28-19)24(23(26)35)20(29-15-30-24)22(34)27-10-13-32-11-4-1-5-12-32/h2-3,6-9,14,30H,1,4-5,10-13,15H2,(H2,26,35)(H,27,34)(H,28,31,33). The SMILES string of the molecule is NC(=O)C1(c2ccc(NC(=O)c3ccccc3Cl)nc2)NCN=C1C(=O)NCCN1CCCCC1. The van der Waals surface area contributed by atoms with Crippen molar-refractivity contribution in [3.63, 3.8) is 0 Å². The average molecular weight is 498 g/mol. The normalized spacial score (nSPS) is 20.2. The van der Waals surface area contributed by atoms with Crippen molar-refractivity contribution in [3.8, 4) is 0 Å². The summed E-state index contributed by atoms with van der Waals surface area (Å²) in [6, 6.07) is 9.76. The van der Waals surface area contributed by atoms with Crippen LogP contribution in [0.3, 0.4) is 0 Å². The highest BCUT2D eigenvalue weighted by molar-refractivity contribution is 6.47. The van der Waals surface area contributed by atoms with E-state index in [4.69, 9.17) is 17.3 Å². The molecule has 35 heavy (non-hydrogen) atoms. The largest absolute Gasteiger partial charge is 0.367 e. The van der Waals surface area contributed by atoms with Crippen LogP contribution in [0.25, 0.3) is 0 Å². The number of likely N-dealkylation sites (tertiary alicyclic amines) is 1.